The van der Waals surface area contributed by atoms with E-state index in [1.54, 1.807) is 0 Å². The molecule has 0 aromatic heterocycles. The van der Waals surface area contributed by atoms with Crippen LogP contribution in [-0.2, 0) is 173 Å². The molecule has 0 rings (SSSR count). The second kappa shape index (κ2) is 365. The van der Waals surface area contributed by atoms with E-state index in [9.17, 15) is 0 Å². The zero-order valence-corrected chi connectivity index (χ0v) is 20.6. The van der Waals surface area contributed by atoms with Crippen molar-refractivity contribution in [1.82, 2.24) is 0 Å². The fraction of sp³-hybridized carbons (Fsp3) is 0. The molecule has 0 saturated heterocycles. The summed E-state index contributed by atoms with van der Waals surface area (Å²) in [6.45, 7) is 0. The van der Waals surface area contributed by atoms with Gasteiger partial charge in [-0.25, -0.2) is 0 Å². The van der Waals surface area contributed by atoms with Gasteiger partial charge in [0.05, 0.1) is 0 Å². The van der Waals surface area contributed by atoms with E-state index in [0.717, 1.165) is 0 Å². The molecular weight excluding hydrogens is 1090 g/mol. The third-order valence-corrected chi connectivity index (χ3v) is 0. The maximum atomic E-state index is 0. The molecule has 0 saturated carbocycles. The Labute approximate surface area is 171 Å². The first-order valence-electron chi connectivity index (χ1n) is 0. The van der Waals surface area contributed by atoms with Crippen molar-refractivity contribution in [2.75, 3.05) is 0 Å². The Morgan fingerprint density at radius 2 is 0.267 bits per heavy atom. The molecule has 0 N–H and O–H groups in total. The second-order valence-corrected chi connectivity index (χ2v) is 0. The van der Waals surface area contributed by atoms with Gasteiger partial charge in [0.15, 0.2) is 0 Å². The number of hydrogen-bond donors (Lipinski definition) is 0. The molecule has 0 aliphatic rings. The molecule has 0 aromatic carbocycles. The van der Waals surface area contributed by atoms with Gasteiger partial charge in [-0.05, 0) is 0 Å². The van der Waals surface area contributed by atoms with Gasteiger partial charge in [-0.15, -0.1) is 0 Å². The average Bonchev–Trinajstić information content (AvgIpc) is 0. The van der Waals surface area contributed by atoms with Crippen molar-refractivity contribution in [3.05, 3.63) is 0 Å². The van der Waals surface area contributed by atoms with Crippen molar-refractivity contribution in [1.29, 1.82) is 0 Å². The Hall–Kier alpha value is 3.67. The molecule has 2 radical (unpaired) electrons. The van der Waals surface area contributed by atoms with Crippen LogP contribution in [0.2, 0.25) is 0 Å². The summed E-state index contributed by atoms with van der Waals surface area (Å²) in [5, 5.41) is 0. The van der Waals surface area contributed by atoms with Crippen LogP contribution in [0.1, 0.15) is 0 Å². The topological polar surface area (TPSA) is 256 Å². The maximum absolute atomic E-state index is 0. The van der Waals surface area contributed by atoms with Crippen LogP contribution in [0.15, 0.2) is 0 Å². The van der Waals surface area contributed by atoms with Crippen molar-refractivity contribution < 1.29 is 173 Å². The van der Waals surface area contributed by atoms with Crippen LogP contribution in [0.3, 0.4) is 0 Å². The Morgan fingerprint density at radius 3 is 0.267 bits per heavy atom. The van der Waals surface area contributed by atoms with Crippen molar-refractivity contribution in [2.45, 2.75) is 0 Å². The SMILES string of the molecule is [Ir].[Ir].[O-2].[O-2].[O-2].[O-2].[O-2].[O-2].[O-2].[O-2].[O-2].[Ru].[Ru].[Ta+5].[Ta+5]. The first-order valence-corrected chi connectivity index (χ1v) is 0. The van der Waals surface area contributed by atoms with Crippen molar-refractivity contribution in [3.8, 4) is 0 Å². The molecule has 0 spiro atoms. The molecule has 0 heterocycles. The third kappa shape index (κ3) is 323. The van der Waals surface area contributed by atoms with E-state index in [2.05, 4.69) is 0 Å². The van der Waals surface area contributed by atoms with Gasteiger partial charge in [0.1, 0.15) is 0 Å². The predicted molar refractivity (Wildman–Crippen MR) is 6.18 cm³/mol. The number of hydrogen-bond acceptors (Lipinski definition) is 0. The molecule has 9 nitrogen and oxygen atoms in total. The van der Waals surface area contributed by atoms with Gasteiger partial charge in [0.2, 0.25) is 0 Å². The quantitative estimate of drug-likeness (QED) is 0.263. The van der Waals surface area contributed by atoms with Crippen molar-refractivity contribution >= 4 is 0 Å². The van der Waals surface area contributed by atoms with Crippen LogP contribution in [0.4, 0.5) is 0 Å². The monoisotopic (exact) mass is 1100 g/mol. The largest absolute Gasteiger partial charge is 5.00 e. The fourth-order valence-corrected chi connectivity index (χ4v) is 0. The predicted octanol–water partition coefficient (Wildman–Crippen LogP) is -1.08. The molecule has 0 aliphatic carbocycles. The van der Waals surface area contributed by atoms with Gasteiger partial charge in [-0.2, -0.15) is 0 Å². The smallest absolute Gasteiger partial charge is 2.00 e. The molecule has 0 aromatic rings. The van der Waals surface area contributed by atoms with Crippen LogP contribution in [-0.4, -0.2) is 0 Å². The summed E-state index contributed by atoms with van der Waals surface area (Å²) >= 11 is 0. The van der Waals surface area contributed by atoms with Crippen molar-refractivity contribution in [3.63, 3.8) is 0 Å². The minimum Gasteiger partial charge on any atom is -2.00 e. The van der Waals surface area contributed by atoms with E-state index in [0.29, 0.717) is 0 Å². The first-order chi connectivity index (χ1) is 0. The summed E-state index contributed by atoms with van der Waals surface area (Å²) in [5.74, 6) is 0. The van der Waals surface area contributed by atoms with Gasteiger partial charge in [-0.1, -0.05) is 0 Å². The normalized spacial score (nSPS) is 0. The zero-order valence-electron chi connectivity index (χ0n) is 5.94. The molecular formula is Ir2O9Ru2Ta2-8. The summed E-state index contributed by atoms with van der Waals surface area (Å²) in [4.78, 5) is 0. The molecule has 0 unspecified atom stereocenters. The number of rotatable bonds is 0. The molecule has 0 atom stereocenters. The van der Waals surface area contributed by atoms with E-state index in [1.165, 1.54) is 0 Å². The summed E-state index contributed by atoms with van der Waals surface area (Å²) in [7, 11) is 0. The Balaban J connectivity index is 0. The second-order valence-electron chi connectivity index (χ2n) is 0. The molecule has 0 bridgehead atoms. The van der Waals surface area contributed by atoms with E-state index in [1.807, 2.05) is 0 Å². The molecule has 0 aliphatic heterocycles. The van der Waals surface area contributed by atoms with Gasteiger partial charge in [0, 0.05) is 79.2 Å². The summed E-state index contributed by atoms with van der Waals surface area (Å²) < 4.78 is 0. The van der Waals surface area contributed by atoms with Gasteiger partial charge in [0.25, 0.3) is 0 Å². The Morgan fingerprint density at radius 1 is 0.267 bits per heavy atom. The average molecular weight is 1090 g/mol. The third-order valence-electron chi connectivity index (χ3n) is 0. The summed E-state index contributed by atoms with van der Waals surface area (Å²) in [6.07, 6.45) is 0. The minimum atomic E-state index is 0. The molecule has 0 fully saturated rings. The molecule has 0 amide bonds. The van der Waals surface area contributed by atoms with Gasteiger partial charge in [-0.3, -0.25) is 0 Å². The molecule has 106 valence electrons. The van der Waals surface area contributed by atoms with Crippen LogP contribution in [0.25, 0.3) is 0 Å². The molecule has 15 heavy (non-hydrogen) atoms. The van der Waals surface area contributed by atoms with Crippen molar-refractivity contribution in [2.24, 2.45) is 0 Å². The standard InChI is InChI=1S/2Ir.9O.2Ru.2Ta/q;;9*-2;;;2*+5. The molecule has 15 heteroatoms. The van der Waals surface area contributed by atoms with E-state index in [-0.39, 0.29) is 173 Å². The van der Waals surface area contributed by atoms with Crippen LogP contribution >= 0.6 is 0 Å². The Kier molecular flexibility index (Phi) is 10600. The zero-order chi connectivity index (χ0) is 0. The first kappa shape index (κ1) is 433. The summed E-state index contributed by atoms with van der Waals surface area (Å²) in [6, 6.07) is 0. The van der Waals surface area contributed by atoms with E-state index >= 15 is 0 Å². The van der Waals surface area contributed by atoms with Gasteiger partial charge >= 0.3 is 44.8 Å². The Bertz CT molecular complexity index is 24.1. The minimum absolute atomic E-state index is 0. The van der Waals surface area contributed by atoms with E-state index < -0.39 is 0 Å². The maximum Gasteiger partial charge on any atom is 5.00 e. The van der Waals surface area contributed by atoms with Crippen LogP contribution in [0.5, 0.6) is 0 Å². The van der Waals surface area contributed by atoms with Gasteiger partial charge < -0.3 is 49.3 Å². The summed E-state index contributed by atoms with van der Waals surface area (Å²) in [5.41, 5.74) is 0. The fourth-order valence-electron chi connectivity index (χ4n) is 0. The van der Waals surface area contributed by atoms with E-state index in [4.69, 9.17) is 0 Å². The van der Waals surface area contributed by atoms with Crippen LogP contribution in [0, 0.1) is 0 Å². The van der Waals surface area contributed by atoms with Crippen LogP contribution < -0.4 is 0 Å².